The van der Waals surface area contributed by atoms with Crippen molar-refractivity contribution < 1.29 is 94.6 Å². The SMILES string of the molecule is CCn1nc(C(F)(F)F)cc1-c1ccnc(C(=O)N(C)C)c1.CN(C)C(=O)c1cc(-c2cc(C(F)(F)F)n(-c3ccccc3)n2)ccn1.CN(C)C(=O)c1cc(-c2cc(C(F)(F)F)nn2-c2ccccc2)ccn1.CN(C)C(=O)c1cc(-c2cc(C(F)(F)F)nn2Cc2ccccc2)ccn1.CN(C)C(=O)c1ccc(-c2cc(-c3ccccc3)nn2C)s1.CN(C)C(=O)c1cccc(-c2cc(C(F)(F)F)n(-c3ccccc3)n2)n1. The number of amides is 6. The molecule has 0 unspecified atom stereocenters. The summed E-state index contributed by atoms with van der Waals surface area (Å²) >= 11 is 1.49. The van der Waals surface area contributed by atoms with Crippen molar-refractivity contribution in [2.24, 2.45) is 7.05 Å². The number of carbonyl (C=O) groups is 6. The minimum atomic E-state index is -4.59. The number of carbonyl (C=O) groups excluding carboxylic acids is 6. The molecule has 5 aromatic carbocycles. The van der Waals surface area contributed by atoms with Gasteiger partial charge in [-0.3, -0.25) is 62.7 Å². The van der Waals surface area contributed by atoms with Gasteiger partial charge in [-0.05, 0) is 158 Å². The van der Waals surface area contributed by atoms with E-state index in [1.54, 1.807) is 200 Å². The number of hydrogen-bond donors (Lipinski definition) is 0. The molecule has 0 spiro atoms. The molecule has 0 N–H and O–H groups in total. The highest BCUT2D eigenvalue weighted by Crippen LogP contribution is 2.41. The number of alkyl halides is 15. The van der Waals surface area contributed by atoms with E-state index in [4.69, 9.17) is 0 Å². The predicted molar refractivity (Wildman–Crippen MR) is 528 cm³/mol. The fourth-order valence-corrected chi connectivity index (χ4v) is 15.2. The van der Waals surface area contributed by atoms with E-state index in [1.807, 2.05) is 84.5 Å². The average Bonchev–Trinajstić information content (AvgIpc) is 1.64. The molecule has 6 amide bonds. The van der Waals surface area contributed by atoms with Gasteiger partial charge in [0.15, 0.2) is 17.1 Å². The second-order valence-corrected chi connectivity index (χ2v) is 34.7. The third-order valence-corrected chi connectivity index (χ3v) is 22.5. The fraction of sp³-hybridized carbons (Fsp3) is 0.202. The Balaban J connectivity index is 0.000000159. The molecule has 0 fully saturated rings. The number of halogens is 15. The van der Waals surface area contributed by atoms with Gasteiger partial charge in [0.1, 0.15) is 45.6 Å². The molecular formula is C104H94F15N23O6S. The highest BCUT2D eigenvalue weighted by atomic mass is 32.1. The maximum atomic E-state index is 13.4. The number of benzene rings is 5. The molecule has 12 aromatic heterocycles. The van der Waals surface area contributed by atoms with Crippen LogP contribution in [0.25, 0.3) is 95.3 Å². The van der Waals surface area contributed by atoms with Crippen molar-refractivity contribution >= 4 is 46.8 Å². The van der Waals surface area contributed by atoms with Gasteiger partial charge in [-0.1, -0.05) is 121 Å². The lowest BCUT2D eigenvalue weighted by Gasteiger charge is -2.11. The standard InChI is InChI=1S/C19H17F3N4O.3C18H15F3N4O.C17H17N3OS.C14H15F3N4O/c1-25(2)18(27)15-10-14(8-9-23-15)16-11-17(19(20,21)22)24-26(16)12-13-6-4-3-5-7-13;1-24(2)17(26)14-10-6-9-13(22-14)15-11-16(18(19,20)21)25(23-15)12-7-4-3-5-8-12;1-24(2)17(26)15-10-12(8-9-22-15)14-11-16(18(19,20)21)25(23-14)13-6-4-3-5-7-13;1-24(2)17(26)14-10-12(8-9-22-14)15-11-16(18(19,20)21)23-25(15)13-6-4-3-5-7-13;1-19(2)17(21)16-10-9-15(22-16)14-11-13(18-20(14)3)12-7-5-4-6-8-12;1-4-21-11(8-12(19-21)14(15,16)17)9-5-6-18-10(7-9)13(22)20(2)3/h3-11H,12H2,1-2H3;3*3-11H,1-2H3;4-11H,1-3H3;5-8H,4H2,1-3H3. The first-order chi connectivity index (χ1) is 70.4. The zero-order valence-corrected chi connectivity index (χ0v) is 82.8. The molecule has 149 heavy (non-hydrogen) atoms. The zero-order valence-electron chi connectivity index (χ0n) is 81.9. The summed E-state index contributed by atoms with van der Waals surface area (Å²) in [5, 5.41) is 23.8. The van der Waals surface area contributed by atoms with Crippen LogP contribution < -0.4 is 0 Å². The molecule has 17 aromatic rings. The Morgan fingerprint density at radius 2 is 0.638 bits per heavy atom. The van der Waals surface area contributed by atoms with Crippen LogP contribution in [0.4, 0.5) is 65.9 Å². The van der Waals surface area contributed by atoms with Gasteiger partial charge in [-0.15, -0.1) is 11.3 Å². The lowest BCUT2D eigenvalue weighted by atomic mass is 10.1. The summed E-state index contributed by atoms with van der Waals surface area (Å²) in [6.45, 7) is 2.15. The van der Waals surface area contributed by atoms with E-state index in [2.05, 4.69) is 61.6 Å². The Kier molecular flexibility index (Phi) is 34.9. The molecule has 0 atom stereocenters. The normalized spacial score (nSPS) is 11.3. The summed E-state index contributed by atoms with van der Waals surface area (Å²) in [7, 11) is 21.2. The van der Waals surface area contributed by atoms with Crippen molar-refractivity contribution in [2.45, 2.75) is 50.9 Å². The summed E-state index contributed by atoms with van der Waals surface area (Å²) in [4.78, 5) is 102. The highest BCUT2D eigenvalue weighted by Gasteiger charge is 2.41. The quantitative estimate of drug-likeness (QED) is 0.0679. The van der Waals surface area contributed by atoms with Crippen LogP contribution in [-0.2, 0) is 51.0 Å². The Labute approximate surface area is 847 Å². The molecule has 0 saturated heterocycles. The minimum Gasteiger partial charge on any atom is -0.344 e. The number of hydrogen-bond acceptors (Lipinski definition) is 18. The van der Waals surface area contributed by atoms with E-state index in [-0.39, 0.29) is 111 Å². The summed E-state index contributed by atoms with van der Waals surface area (Å²) in [5.74, 6) is -1.64. The van der Waals surface area contributed by atoms with E-state index >= 15 is 0 Å². The molecule has 0 radical (unpaired) electrons. The number of nitrogens with zero attached hydrogens (tertiary/aromatic N) is 23. The van der Waals surface area contributed by atoms with E-state index in [0.29, 0.717) is 39.3 Å². The first-order valence-electron chi connectivity index (χ1n) is 44.7. The molecule has 12 heterocycles. The smallest absolute Gasteiger partial charge is 0.344 e. The molecule has 0 saturated carbocycles. The second-order valence-electron chi connectivity index (χ2n) is 33.7. The number of para-hydroxylation sites is 3. The van der Waals surface area contributed by atoms with Crippen molar-refractivity contribution in [3.8, 4) is 95.3 Å². The second kappa shape index (κ2) is 47.2. The maximum Gasteiger partial charge on any atom is 0.435 e. The first kappa shape index (κ1) is 110. The molecule has 0 aliphatic rings. The van der Waals surface area contributed by atoms with Crippen LogP contribution in [0.3, 0.4) is 0 Å². The van der Waals surface area contributed by atoms with Crippen molar-refractivity contribution in [2.75, 3.05) is 84.6 Å². The van der Waals surface area contributed by atoms with Gasteiger partial charge in [0, 0.05) is 151 Å². The van der Waals surface area contributed by atoms with Gasteiger partial charge >= 0.3 is 30.9 Å². The monoisotopic (exact) mass is 2080 g/mol. The van der Waals surface area contributed by atoms with E-state index in [1.165, 1.54) is 129 Å². The van der Waals surface area contributed by atoms with Gasteiger partial charge in [-0.25, -0.2) is 19.0 Å². The third-order valence-electron chi connectivity index (χ3n) is 21.4. The van der Waals surface area contributed by atoms with Crippen LogP contribution >= 0.6 is 11.3 Å². The third kappa shape index (κ3) is 28.0. The van der Waals surface area contributed by atoms with Crippen molar-refractivity contribution in [3.63, 3.8) is 0 Å². The summed E-state index contributed by atoms with van der Waals surface area (Å²) < 4.78 is 205. The Morgan fingerprint density at radius 1 is 0.289 bits per heavy atom. The minimum absolute atomic E-state index is 0.0294. The van der Waals surface area contributed by atoms with Crippen LogP contribution in [0.5, 0.6) is 0 Å². The van der Waals surface area contributed by atoms with Crippen LogP contribution in [0, 0.1) is 0 Å². The molecule has 0 aliphatic carbocycles. The van der Waals surface area contributed by atoms with Crippen LogP contribution in [-0.4, -0.2) is 233 Å². The van der Waals surface area contributed by atoms with Gasteiger partial charge in [0.05, 0.1) is 73.2 Å². The number of pyridine rings is 5. The van der Waals surface area contributed by atoms with Crippen LogP contribution in [0.2, 0.25) is 0 Å². The fourth-order valence-electron chi connectivity index (χ4n) is 14.1. The van der Waals surface area contributed by atoms with E-state index in [0.717, 1.165) is 72.0 Å². The summed E-state index contributed by atoms with van der Waals surface area (Å²) in [5.41, 5.74) is 3.71. The van der Waals surface area contributed by atoms with Crippen molar-refractivity contribution in [3.05, 3.63) is 359 Å². The molecule has 0 bridgehead atoms. The topological polar surface area (TPSA) is 293 Å². The summed E-state index contributed by atoms with van der Waals surface area (Å²) in [6, 6.07) is 71.1. The highest BCUT2D eigenvalue weighted by molar-refractivity contribution is 7.17. The van der Waals surface area contributed by atoms with Crippen molar-refractivity contribution in [1.82, 2.24) is 113 Å². The molecule has 17 rings (SSSR count). The van der Waals surface area contributed by atoms with Gasteiger partial charge < -0.3 is 29.4 Å². The lowest BCUT2D eigenvalue weighted by molar-refractivity contribution is -0.143. The first-order valence-corrected chi connectivity index (χ1v) is 45.5. The largest absolute Gasteiger partial charge is 0.435 e. The zero-order chi connectivity index (χ0) is 108. The van der Waals surface area contributed by atoms with E-state index < -0.39 is 59.4 Å². The molecule has 45 heteroatoms. The van der Waals surface area contributed by atoms with Crippen LogP contribution in [0.15, 0.2) is 292 Å². The number of rotatable bonds is 19. The van der Waals surface area contributed by atoms with Crippen molar-refractivity contribution in [1.29, 1.82) is 0 Å². The lowest BCUT2D eigenvalue weighted by Crippen LogP contribution is -2.22. The number of thiophene rings is 1. The molecule has 0 aliphatic heterocycles. The predicted octanol–water partition coefficient (Wildman–Crippen LogP) is 20.9. The Morgan fingerprint density at radius 3 is 1.05 bits per heavy atom. The van der Waals surface area contributed by atoms with Gasteiger partial charge in [0.2, 0.25) is 0 Å². The maximum absolute atomic E-state index is 13.4. The van der Waals surface area contributed by atoms with E-state index in [9.17, 15) is 94.6 Å². The van der Waals surface area contributed by atoms with Crippen LogP contribution in [0.1, 0.15) is 103 Å². The summed E-state index contributed by atoms with van der Waals surface area (Å²) in [6.07, 6.45) is -17.2. The average molecular weight is 2080 g/mol. The Bertz CT molecular complexity index is 7360. The number of aryl methyl sites for hydroxylation is 2. The van der Waals surface area contributed by atoms with Gasteiger partial charge in [0.25, 0.3) is 35.4 Å². The molecule has 29 nitrogen and oxygen atoms in total. The van der Waals surface area contributed by atoms with Gasteiger partial charge in [-0.2, -0.15) is 96.4 Å². The Hall–Kier alpha value is -17.4. The molecular weight excluding hydrogens is 1980 g/mol. The number of aromatic nitrogens is 17. The molecule has 772 valence electrons.